The van der Waals surface area contributed by atoms with E-state index in [1.54, 1.807) is 0 Å². The monoisotopic (exact) mass is 314 g/mol. The van der Waals surface area contributed by atoms with Gasteiger partial charge < -0.3 is 5.32 Å². The van der Waals surface area contributed by atoms with Crippen molar-refractivity contribution < 1.29 is 0 Å². The van der Waals surface area contributed by atoms with Gasteiger partial charge in [-0.1, -0.05) is 40.2 Å². The number of halogens is 1. The number of rotatable bonds is 3. The molecule has 2 nitrogen and oxygen atoms in total. The van der Waals surface area contributed by atoms with Gasteiger partial charge in [-0.2, -0.15) is 5.26 Å². The molecule has 0 fully saturated rings. The van der Waals surface area contributed by atoms with Gasteiger partial charge in [-0.15, -0.1) is 0 Å². The van der Waals surface area contributed by atoms with Crippen molar-refractivity contribution in [1.82, 2.24) is 0 Å². The summed E-state index contributed by atoms with van der Waals surface area (Å²) in [5, 5.41) is 12.5. The first-order valence-corrected chi connectivity index (χ1v) is 6.93. The number of nitrogens with one attached hydrogen (secondary N) is 1. The molecular weight excluding hydrogens is 300 g/mol. The van der Waals surface area contributed by atoms with Crippen LogP contribution in [0.3, 0.4) is 0 Å². The normalized spacial score (nSPS) is 11.7. The summed E-state index contributed by atoms with van der Waals surface area (Å²) in [6, 6.07) is 16.3. The van der Waals surface area contributed by atoms with E-state index >= 15 is 0 Å². The lowest BCUT2D eigenvalue weighted by Crippen LogP contribution is -2.09. The smallest absolute Gasteiger partial charge is 0.101 e. The second-order valence-corrected chi connectivity index (χ2v) is 5.44. The molecule has 2 aromatic rings. The molecule has 0 spiro atoms. The predicted molar refractivity (Wildman–Crippen MR) is 82.1 cm³/mol. The fourth-order valence-electron chi connectivity index (χ4n) is 2.12. The number of hydrogen-bond donors (Lipinski definition) is 1. The molecule has 0 radical (unpaired) electrons. The predicted octanol–water partition coefficient (Wildman–Crippen LogP) is 4.80. The number of anilines is 1. The van der Waals surface area contributed by atoms with E-state index < -0.39 is 0 Å². The van der Waals surface area contributed by atoms with Gasteiger partial charge in [0.1, 0.15) is 6.07 Å². The van der Waals surface area contributed by atoms with Crippen molar-refractivity contribution in [2.45, 2.75) is 19.9 Å². The molecule has 1 unspecified atom stereocenters. The SMILES string of the molecule is Cc1ccccc1C(C)Nc1cc(Br)ccc1C#N. The van der Waals surface area contributed by atoms with E-state index in [-0.39, 0.29) is 6.04 Å². The highest BCUT2D eigenvalue weighted by molar-refractivity contribution is 9.10. The Morgan fingerprint density at radius 3 is 2.63 bits per heavy atom. The van der Waals surface area contributed by atoms with Crippen molar-refractivity contribution >= 4 is 21.6 Å². The van der Waals surface area contributed by atoms with Crippen LogP contribution < -0.4 is 5.32 Å². The highest BCUT2D eigenvalue weighted by Crippen LogP contribution is 2.26. The topological polar surface area (TPSA) is 35.8 Å². The lowest BCUT2D eigenvalue weighted by Gasteiger charge is -2.18. The largest absolute Gasteiger partial charge is 0.377 e. The maximum absolute atomic E-state index is 9.14. The van der Waals surface area contributed by atoms with Gasteiger partial charge in [0.25, 0.3) is 0 Å². The summed E-state index contributed by atoms with van der Waals surface area (Å²) >= 11 is 3.44. The van der Waals surface area contributed by atoms with Crippen LogP contribution in [0.15, 0.2) is 46.9 Å². The van der Waals surface area contributed by atoms with E-state index in [4.69, 9.17) is 5.26 Å². The van der Waals surface area contributed by atoms with Crippen molar-refractivity contribution in [1.29, 1.82) is 5.26 Å². The zero-order chi connectivity index (χ0) is 13.8. The molecule has 3 heteroatoms. The second kappa shape index (κ2) is 5.90. The van der Waals surface area contributed by atoms with Crippen molar-refractivity contribution in [3.63, 3.8) is 0 Å². The number of hydrogen-bond acceptors (Lipinski definition) is 2. The van der Waals surface area contributed by atoms with Gasteiger partial charge >= 0.3 is 0 Å². The summed E-state index contributed by atoms with van der Waals surface area (Å²) in [6.45, 7) is 4.20. The molecule has 19 heavy (non-hydrogen) atoms. The first kappa shape index (κ1) is 13.6. The highest BCUT2D eigenvalue weighted by atomic mass is 79.9. The Kier molecular flexibility index (Phi) is 4.24. The van der Waals surface area contributed by atoms with Gasteiger partial charge in [-0.3, -0.25) is 0 Å². The minimum absolute atomic E-state index is 0.155. The number of benzene rings is 2. The Labute approximate surface area is 122 Å². The second-order valence-electron chi connectivity index (χ2n) is 4.52. The Balaban J connectivity index is 2.29. The average molecular weight is 315 g/mol. The molecule has 0 amide bonds. The van der Waals surface area contributed by atoms with Crippen LogP contribution in [0.2, 0.25) is 0 Å². The molecule has 1 atom stereocenters. The van der Waals surface area contributed by atoms with E-state index in [2.05, 4.69) is 53.3 Å². The van der Waals surface area contributed by atoms with Gasteiger partial charge in [0.15, 0.2) is 0 Å². The van der Waals surface area contributed by atoms with Gasteiger partial charge in [-0.05, 0) is 43.2 Å². The van der Waals surface area contributed by atoms with Crippen LogP contribution in [0.1, 0.15) is 29.7 Å². The molecule has 0 aromatic heterocycles. The van der Waals surface area contributed by atoms with Crippen LogP contribution in [0.4, 0.5) is 5.69 Å². The summed E-state index contributed by atoms with van der Waals surface area (Å²) in [7, 11) is 0. The Morgan fingerprint density at radius 1 is 1.21 bits per heavy atom. The van der Waals surface area contributed by atoms with E-state index in [1.807, 2.05) is 30.3 Å². The summed E-state index contributed by atoms with van der Waals surface area (Å²) in [6.07, 6.45) is 0. The Bertz CT molecular complexity index is 629. The van der Waals surface area contributed by atoms with E-state index in [1.165, 1.54) is 11.1 Å². The van der Waals surface area contributed by atoms with Gasteiger partial charge in [0, 0.05) is 10.5 Å². The zero-order valence-corrected chi connectivity index (χ0v) is 12.5. The zero-order valence-electron chi connectivity index (χ0n) is 10.9. The standard InChI is InChI=1S/C16H15BrN2/c1-11-5-3-4-6-15(11)12(2)19-16-9-14(17)8-7-13(16)10-18/h3-9,12,19H,1-2H3. The number of nitrogens with zero attached hydrogens (tertiary/aromatic N) is 1. The number of aryl methyl sites for hydroxylation is 1. The van der Waals surface area contributed by atoms with Crippen molar-refractivity contribution in [3.8, 4) is 6.07 Å². The first-order chi connectivity index (χ1) is 9.11. The highest BCUT2D eigenvalue weighted by Gasteiger charge is 2.10. The van der Waals surface area contributed by atoms with Crippen LogP contribution in [-0.4, -0.2) is 0 Å². The van der Waals surface area contributed by atoms with Crippen LogP contribution in [0.5, 0.6) is 0 Å². The molecule has 0 aliphatic rings. The lowest BCUT2D eigenvalue weighted by molar-refractivity contribution is 0.873. The third-order valence-corrected chi connectivity index (χ3v) is 3.62. The van der Waals surface area contributed by atoms with Crippen molar-refractivity contribution in [2.75, 3.05) is 5.32 Å². The van der Waals surface area contributed by atoms with Crippen molar-refractivity contribution in [2.24, 2.45) is 0 Å². The molecule has 0 heterocycles. The summed E-state index contributed by atoms with van der Waals surface area (Å²) in [5.74, 6) is 0. The van der Waals surface area contributed by atoms with E-state index in [9.17, 15) is 0 Å². The van der Waals surface area contributed by atoms with Crippen molar-refractivity contribution in [3.05, 3.63) is 63.6 Å². The van der Waals surface area contributed by atoms with Gasteiger partial charge in [0.05, 0.1) is 11.3 Å². The Morgan fingerprint density at radius 2 is 1.95 bits per heavy atom. The molecule has 2 aromatic carbocycles. The molecule has 0 bridgehead atoms. The van der Waals surface area contributed by atoms with E-state index in [0.29, 0.717) is 5.56 Å². The first-order valence-electron chi connectivity index (χ1n) is 6.13. The quantitative estimate of drug-likeness (QED) is 0.883. The molecule has 1 N–H and O–H groups in total. The molecule has 96 valence electrons. The van der Waals surface area contributed by atoms with Gasteiger partial charge in [0.2, 0.25) is 0 Å². The fourth-order valence-corrected chi connectivity index (χ4v) is 2.48. The number of nitriles is 1. The molecular formula is C16H15BrN2. The van der Waals surface area contributed by atoms with Crippen LogP contribution in [0, 0.1) is 18.3 Å². The third kappa shape index (κ3) is 3.15. The Hall–Kier alpha value is -1.79. The minimum Gasteiger partial charge on any atom is -0.377 e. The third-order valence-electron chi connectivity index (χ3n) is 3.13. The average Bonchev–Trinajstić information content (AvgIpc) is 2.39. The fraction of sp³-hybridized carbons (Fsp3) is 0.188. The lowest BCUT2D eigenvalue weighted by atomic mass is 10.0. The maximum atomic E-state index is 9.14. The van der Waals surface area contributed by atoms with Crippen LogP contribution in [0.25, 0.3) is 0 Å². The van der Waals surface area contributed by atoms with Gasteiger partial charge in [-0.25, -0.2) is 0 Å². The minimum atomic E-state index is 0.155. The molecule has 2 rings (SSSR count). The van der Waals surface area contributed by atoms with Crippen LogP contribution in [-0.2, 0) is 0 Å². The maximum Gasteiger partial charge on any atom is 0.101 e. The van der Waals surface area contributed by atoms with E-state index in [0.717, 1.165) is 10.2 Å². The molecule has 0 saturated heterocycles. The summed E-state index contributed by atoms with van der Waals surface area (Å²) < 4.78 is 0.964. The molecule has 0 saturated carbocycles. The molecule has 0 aliphatic carbocycles. The summed E-state index contributed by atoms with van der Waals surface area (Å²) in [4.78, 5) is 0. The summed E-state index contributed by atoms with van der Waals surface area (Å²) in [5.41, 5.74) is 4.00. The molecule has 0 aliphatic heterocycles. The van der Waals surface area contributed by atoms with Crippen LogP contribution >= 0.6 is 15.9 Å².